The number of aromatic nitrogens is 1. The molecule has 6 heteroatoms. The molecule has 0 saturated carbocycles. The third-order valence-electron chi connectivity index (χ3n) is 3.40. The molecular formula is C16H15Br2N3O. The fourth-order valence-corrected chi connectivity index (χ4v) is 3.25. The topological polar surface area (TPSA) is 46.5 Å². The van der Waals surface area contributed by atoms with Gasteiger partial charge in [-0.3, -0.25) is 4.99 Å². The van der Waals surface area contributed by atoms with Gasteiger partial charge in [0.25, 0.3) is 0 Å². The van der Waals surface area contributed by atoms with E-state index in [-0.39, 0.29) is 6.04 Å². The quantitative estimate of drug-likeness (QED) is 0.760. The van der Waals surface area contributed by atoms with E-state index in [0.29, 0.717) is 19.8 Å². The standard InChI is InChI=1S/C16H15Br2N3O/c17-14-7-6-12(16(18)21-14)8-19-15-10-22-9-13(20-15)11-4-2-1-3-5-11/h1-7,13H,8-10H2,(H,19,20)/t13-/m1/s1. The lowest BCUT2D eigenvalue weighted by atomic mass is 10.1. The van der Waals surface area contributed by atoms with E-state index >= 15 is 0 Å². The van der Waals surface area contributed by atoms with Gasteiger partial charge < -0.3 is 10.1 Å². The minimum absolute atomic E-state index is 0.153. The van der Waals surface area contributed by atoms with Gasteiger partial charge in [-0.25, -0.2) is 4.98 Å². The zero-order valence-electron chi connectivity index (χ0n) is 11.8. The zero-order valence-corrected chi connectivity index (χ0v) is 15.0. The Labute approximate surface area is 146 Å². The Morgan fingerprint density at radius 3 is 2.77 bits per heavy atom. The second-order valence-corrected chi connectivity index (χ2v) is 6.53. The number of hydrogen-bond acceptors (Lipinski definition) is 3. The third-order valence-corrected chi connectivity index (χ3v) is 4.53. The average Bonchev–Trinajstić information content (AvgIpc) is 2.55. The Balaban J connectivity index is 1.69. The highest BCUT2D eigenvalue weighted by Crippen LogP contribution is 2.19. The number of rotatable bonds is 3. The van der Waals surface area contributed by atoms with Crippen LogP contribution in [0.1, 0.15) is 17.2 Å². The summed E-state index contributed by atoms with van der Waals surface area (Å²) < 4.78 is 7.27. The van der Waals surface area contributed by atoms with Crippen molar-refractivity contribution in [2.75, 3.05) is 13.2 Å². The number of nitrogens with one attached hydrogen (secondary N) is 1. The number of halogens is 2. The van der Waals surface area contributed by atoms with Gasteiger partial charge in [0.05, 0.1) is 19.2 Å². The number of ether oxygens (including phenoxy) is 1. The lowest BCUT2D eigenvalue weighted by Gasteiger charge is -2.26. The molecule has 0 radical (unpaired) electrons. The number of hydrogen-bond donors (Lipinski definition) is 1. The summed E-state index contributed by atoms with van der Waals surface area (Å²) >= 11 is 6.81. The summed E-state index contributed by atoms with van der Waals surface area (Å²) in [7, 11) is 0. The maximum absolute atomic E-state index is 5.66. The van der Waals surface area contributed by atoms with E-state index in [4.69, 9.17) is 4.74 Å². The first kappa shape index (κ1) is 15.6. The molecule has 1 fully saturated rings. The number of nitrogens with zero attached hydrogens (tertiary/aromatic N) is 2. The van der Waals surface area contributed by atoms with E-state index in [1.807, 2.05) is 30.3 Å². The molecule has 1 aliphatic heterocycles. The molecule has 22 heavy (non-hydrogen) atoms. The Morgan fingerprint density at radius 1 is 1.18 bits per heavy atom. The average molecular weight is 425 g/mol. The van der Waals surface area contributed by atoms with Crippen LogP contribution in [0.2, 0.25) is 0 Å². The van der Waals surface area contributed by atoms with Crippen LogP contribution in [-0.2, 0) is 11.3 Å². The number of benzene rings is 1. The van der Waals surface area contributed by atoms with Crippen LogP contribution in [0.4, 0.5) is 0 Å². The van der Waals surface area contributed by atoms with Crippen LogP contribution in [0, 0.1) is 0 Å². The number of aliphatic imine (C=N–C) groups is 1. The van der Waals surface area contributed by atoms with Crippen molar-refractivity contribution in [3.05, 3.63) is 62.8 Å². The molecule has 1 aliphatic rings. The van der Waals surface area contributed by atoms with Crippen molar-refractivity contribution in [2.45, 2.75) is 12.6 Å². The maximum atomic E-state index is 5.66. The Morgan fingerprint density at radius 2 is 2.00 bits per heavy atom. The van der Waals surface area contributed by atoms with Crippen LogP contribution in [0.15, 0.2) is 56.7 Å². The van der Waals surface area contributed by atoms with Crippen molar-refractivity contribution in [2.24, 2.45) is 4.99 Å². The first-order valence-corrected chi connectivity index (χ1v) is 8.54. The van der Waals surface area contributed by atoms with Crippen LogP contribution in [0.25, 0.3) is 0 Å². The molecule has 114 valence electrons. The minimum Gasteiger partial charge on any atom is -0.371 e. The summed E-state index contributed by atoms with van der Waals surface area (Å²) in [4.78, 5) is 8.93. The largest absolute Gasteiger partial charge is 0.371 e. The molecule has 0 spiro atoms. The molecule has 2 aromatic rings. The van der Waals surface area contributed by atoms with E-state index in [0.717, 1.165) is 20.6 Å². The predicted octanol–water partition coefficient (Wildman–Crippen LogP) is 3.87. The van der Waals surface area contributed by atoms with E-state index in [1.165, 1.54) is 5.56 Å². The van der Waals surface area contributed by atoms with Crippen molar-refractivity contribution in [3.8, 4) is 0 Å². The molecule has 0 aliphatic carbocycles. The van der Waals surface area contributed by atoms with Gasteiger partial charge in [-0.15, -0.1) is 0 Å². The fourth-order valence-electron chi connectivity index (χ4n) is 2.25. The van der Waals surface area contributed by atoms with E-state index in [1.54, 1.807) is 0 Å². The van der Waals surface area contributed by atoms with Crippen LogP contribution >= 0.6 is 31.9 Å². The normalized spacial score (nSPS) is 19.9. The molecule has 1 aromatic carbocycles. The van der Waals surface area contributed by atoms with Gasteiger partial charge in [0.1, 0.15) is 21.6 Å². The van der Waals surface area contributed by atoms with Crippen molar-refractivity contribution < 1.29 is 4.74 Å². The molecule has 1 atom stereocenters. The number of pyridine rings is 1. The Kier molecular flexibility index (Phi) is 5.23. The first-order valence-electron chi connectivity index (χ1n) is 6.96. The van der Waals surface area contributed by atoms with Gasteiger partial charge in [0.2, 0.25) is 0 Å². The number of morpholine rings is 1. The van der Waals surface area contributed by atoms with Gasteiger partial charge >= 0.3 is 0 Å². The maximum Gasteiger partial charge on any atom is 0.123 e. The van der Waals surface area contributed by atoms with Crippen molar-refractivity contribution >= 4 is 37.7 Å². The minimum atomic E-state index is 0.153. The van der Waals surface area contributed by atoms with Crippen LogP contribution < -0.4 is 5.32 Å². The Bertz CT molecular complexity index is 676. The highest BCUT2D eigenvalue weighted by molar-refractivity contribution is 9.11. The van der Waals surface area contributed by atoms with Crippen molar-refractivity contribution in [1.29, 1.82) is 0 Å². The van der Waals surface area contributed by atoms with E-state index in [9.17, 15) is 0 Å². The summed E-state index contributed by atoms with van der Waals surface area (Å²) in [5.41, 5.74) is 2.25. The molecule has 0 bridgehead atoms. The molecular weight excluding hydrogens is 410 g/mol. The monoisotopic (exact) mass is 423 g/mol. The summed E-state index contributed by atoms with van der Waals surface area (Å²) in [5.74, 6) is 0.870. The summed E-state index contributed by atoms with van der Waals surface area (Å²) in [6.07, 6.45) is 0. The van der Waals surface area contributed by atoms with Gasteiger partial charge in [-0.1, -0.05) is 36.4 Å². The smallest absolute Gasteiger partial charge is 0.123 e. The van der Waals surface area contributed by atoms with E-state index in [2.05, 4.69) is 59.3 Å². The molecule has 0 unspecified atom stereocenters. The molecule has 0 amide bonds. The summed E-state index contributed by atoms with van der Waals surface area (Å²) in [5, 5.41) is 3.45. The summed E-state index contributed by atoms with van der Waals surface area (Å²) in [6, 6.07) is 14.3. The van der Waals surface area contributed by atoms with Crippen LogP contribution in [-0.4, -0.2) is 24.0 Å². The molecule has 1 saturated heterocycles. The first-order chi connectivity index (χ1) is 10.7. The van der Waals surface area contributed by atoms with Gasteiger partial charge in [0.15, 0.2) is 0 Å². The van der Waals surface area contributed by atoms with Gasteiger partial charge in [0, 0.05) is 5.56 Å². The molecule has 3 rings (SSSR count). The van der Waals surface area contributed by atoms with Crippen molar-refractivity contribution in [3.63, 3.8) is 0 Å². The molecule has 2 heterocycles. The predicted molar refractivity (Wildman–Crippen MR) is 93.9 cm³/mol. The summed E-state index contributed by atoms with van der Waals surface area (Å²) in [6.45, 7) is 1.74. The van der Waals surface area contributed by atoms with Crippen LogP contribution in [0.5, 0.6) is 0 Å². The highest BCUT2D eigenvalue weighted by Gasteiger charge is 2.18. The van der Waals surface area contributed by atoms with Crippen molar-refractivity contribution in [1.82, 2.24) is 10.3 Å². The zero-order chi connectivity index (χ0) is 15.4. The van der Waals surface area contributed by atoms with Gasteiger partial charge in [-0.05, 0) is 43.5 Å². The van der Waals surface area contributed by atoms with E-state index < -0.39 is 0 Å². The second-order valence-electron chi connectivity index (χ2n) is 4.97. The highest BCUT2D eigenvalue weighted by atomic mass is 79.9. The SMILES string of the molecule is Brc1ccc(CN=C2COC[C@H](c3ccccc3)N2)c(Br)n1. The Hall–Kier alpha value is -1.24. The second kappa shape index (κ2) is 7.35. The van der Waals surface area contributed by atoms with Gasteiger partial charge in [-0.2, -0.15) is 0 Å². The molecule has 4 nitrogen and oxygen atoms in total. The number of amidine groups is 1. The lowest BCUT2D eigenvalue weighted by Crippen LogP contribution is -2.40. The lowest BCUT2D eigenvalue weighted by molar-refractivity contribution is 0.128. The fraction of sp³-hybridized carbons (Fsp3) is 0.250. The third kappa shape index (κ3) is 3.94. The molecule has 1 aromatic heterocycles. The molecule has 1 N–H and O–H groups in total. The van der Waals surface area contributed by atoms with Crippen LogP contribution in [0.3, 0.4) is 0 Å².